The minimum absolute atomic E-state index is 0.112. The topological polar surface area (TPSA) is 80.5 Å². The summed E-state index contributed by atoms with van der Waals surface area (Å²) in [6.45, 7) is 7.49. The van der Waals surface area contributed by atoms with Gasteiger partial charge in [-0.2, -0.15) is 0 Å². The highest BCUT2D eigenvalue weighted by molar-refractivity contribution is 5.96. The average Bonchev–Trinajstić information content (AvgIpc) is 3.48. The van der Waals surface area contributed by atoms with E-state index in [-0.39, 0.29) is 11.7 Å². The fourth-order valence-corrected chi connectivity index (χ4v) is 5.38. The number of hydrogen-bond donors (Lipinski definition) is 2. The molecular formula is C34H37FN4O2. The third-order valence-corrected chi connectivity index (χ3v) is 7.62. The first kappa shape index (κ1) is 28.5. The highest BCUT2D eigenvalue weighted by atomic mass is 19.1. The van der Waals surface area contributed by atoms with E-state index in [0.29, 0.717) is 30.2 Å². The Morgan fingerprint density at radius 2 is 1.88 bits per heavy atom. The molecular weight excluding hydrogens is 515 g/mol. The summed E-state index contributed by atoms with van der Waals surface area (Å²) in [5.41, 5.74) is 12.7. The van der Waals surface area contributed by atoms with Crippen molar-refractivity contribution in [3.8, 4) is 22.6 Å². The van der Waals surface area contributed by atoms with Gasteiger partial charge in [-0.05, 0) is 117 Å². The minimum Gasteiger partial charge on any atom is -0.457 e. The Morgan fingerprint density at radius 1 is 1.05 bits per heavy atom. The maximum Gasteiger partial charge on any atom is 0.231 e. The molecule has 3 N–H and O–H groups in total. The number of likely N-dealkylation sites (tertiary alicyclic amines) is 1. The van der Waals surface area contributed by atoms with Gasteiger partial charge in [0.2, 0.25) is 5.91 Å². The van der Waals surface area contributed by atoms with Crippen molar-refractivity contribution in [2.24, 2.45) is 5.73 Å². The summed E-state index contributed by atoms with van der Waals surface area (Å²) in [5.74, 6) is 0.144. The number of amides is 1. The molecule has 1 atom stereocenters. The highest BCUT2D eigenvalue weighted by Crippen LogP contribution is 2.31. The highest BCUT2D eigenvalue weighted by Gasteiger charge is 2.20. The molecule has 1 amide bonds. The Kier molecular flexibility index (Phi) is 9.07. The van der Waals surface area contributed by atoms with E-state index in [9.17, 15) is 9.18 Å². The third kappa shape index (κ3) is 7.17. The number of pyridine rings is 1. The maximum absolute atomic E-state index is 13.5. The van der Waals surface area contributed by atoms with Crippen LogP contribution in [0.2, 0.25) is 0 Å². The molecule has 0 saturated carbocycles. The normalized spacial score (nSPS) is 14.1. The number of carbonyl (C=O) groups is 1. The van der Waals surface area contributed by atoms with Crippen molar-refractivity contribution in [1.82, 2.24) is 9.88 Å². The number of aromatic nitrogens is 1. The number of nitrogens with two attached hydrogens (primary N) is 1. The Labute approximate surface area is 241 Å². The number of hydrogen-bond acceptors (Lipinski definition) is 5. The van der Waals surface area contributed by atoms with Crippen LogP contribution in [0.5, 0.6) is 11.5 Å². The number of nitrogens with zero attached hydrogens (tertiary/aromatic N) is 2. The quantitative estimate of drug-likeness (QED) is 0.225. The van der Waals surface area contributed by atoms with Gasteiger partial charge in [-0.3, -0.25) is 14.7 Å². The van der Waals surface area contributed by atoms with Crippen LogP contribution >= 0.6 is 0 Å². The SMILES string of the molecule is Cc1cc(NC(=O)C(C)c2cc(-c3cncc(CN4CCCC4)c3)ccc2CCN)ccc1Oc1cccc(F)c1. The molecule has 1 fully saturated rings. The lowest BCUT2D eigenvalue weighted by Crippen LogP contribution is -2.20. The van der Waals surface area contributed by atoms with E-state index in [4.69, 9.17) is 10.5 Å². The summed E-state index contributed by atoms with van der Waals surface area (Å²) in [6.07, 6.45) is 7.02. The first-order chi connectivity index (χ1) is 19.9. The summed E-state index contributed by atoms with van der Waals surface area (Å²) < 4.78 is 19.4. The van der Waals surface area contributed by atoms with Crippen molar-refractivity contribution in [2.75, 3.05) is 25.0 Å². The summed E-state index contributed by atoms with van der Waals surface area (Å²) in [6, 6.07) is 19.9. The van der Waals surface area contributed by atoms with Crippen molar-refractivity contribution in [1.29, 1.82) is 0 Å². The van der Waals surface area contributed by atoms with E-state index >= 15 is 0 Å². The van der Waals surface area contributed by atoms with Gasteiger partial charge in [-0.25, -0.2) is 4.39 Å². The molecule has 0 radical (unpaired) electrons. The molecule has 4 aromatic rings. The zero-order valence-corrected chi connectivity index (χ0v) is 23.7. The number of halogens is 1. The van der Waals surface area contributed by atoms with Gasteiger partial charge >= 0.3 is 0 Å². The average molecular weight is 553 g/mol. The molecule has 1 unspecified atom stereocenters. The zero-order chi connectivity index (χ0) is 28.8. The van der Waals surface area contributed by atoms with E-state index in [0.717, 1.165) is 47.5 Å². The maximum atomic E-state index is 13.5. The molecule has 6 nitrogen and oxygen atoms in total. The van der Waals surface area contributed by atoms with Crippen LogP contribution in [0.1, 0.15) is 47.9 Å². The number of rotatable bonds is 10. The molecule has 0 bridgehead atoms. The number of ether oxygens (including phenoxy) is 1. The number of aryl methyl sites for hydroxylation is 1. The molecule has 5 rings (SSSR count). The van der Waals surface area contributed by atoms with E-state index in [2.05, 4.69) is 39.5 Å². The van der Waals surface area contributed by atoms with Crippen LogP contribution < -0.4 is 15.8 Å². The molecule has 1 saturated heterocycles. The van der Waals surface area contributed by atoms with Crippen molar-refractivity contribution >= 4 is 11.6 Å². The van der Waals surface area contributed by atoms with Gasteiger partial charge < -0.3 is 15.8 Å². The lowest BCUT2D eigenvalue weighted by Gasteiger charge is -2.19. The van der Waals surface area contributed by atoms with Crippen LogP contribution in [0.3, 0.4) is 0 Å². The van der Waals surface area contributed by atoms with Crippen molar-refractivity contribution < 1.29 is 13.9 Å². The van der Waals surface area contributed by atoms with Crippen molar-refractivity contribution in [3.63, 3.8) is 0 Å². The Balaban J connectivity index is 1.33. The number of carbonyl (C=O) groups excluding carboxylic acids is 1. The van der Waals surface area contributed by atoms with Gasteiger partial charge in [0.1, 0.15) is 17.3 Å². The van der Waals surface area contributed by atoms with Crippen LogP contribution in [-0.4, -0.2) is 35.4 Å². The Hall–Kier alpha value is -4.07. The lowest BCUT2D eigenvalue weighted by atomic mass is 9.90. The summed E-state index contributed by atoms with van der Waals surface area (Å²) in [4.78, 5) is 20.4. The Bertz CT molecular complexity index is 1520. The molecule has 2 heterocycles. The molecule has 3 aromatic carbocycles. The van der Waals surface area contributed by atoms with Gasteiger partial charge in [-0.1, -0.05) is 24.3 Å². The van der Waals surface area contributed by atoms with Gasteiger partial charge in [0, 0.05) is 36.3 Å². The molecule has 1 aliphatic heterocycles. The summed E-state index contributed by atoms with van der Waals surface area (Å²) in [5, 5.41) is 3.06. The molecule has 1 aromatic heterocycles. The largest absolute Gasteiger partial charge is 0.457 e. The second kappa shape index (κ2) is 13.1. The van der Waals surface area contributed by atoms with Crippen LogP contribution in [0, 0.1) is 12.7 Å². The molecule has 7 heteroatoms. The Morgan fingerprint density at radius 3 is 2.63 bits per heavy atom. The van der Waals surface area contributed by atoms with E-state index in [1.54, 1.807) is 24.3 Å². The van der Waals surface area contributed by atoms with Crippen LogP contribution in [-0.2, 0) is 17.8 Å². The predicted molar refractivity (Wildman–Crippen MR) is 162 cm³/mol. The second-order valence-corrected chi connectivity index (χ2v) is 10.8. The van der Waals surface area contributed by atoms with E-state index in [1.807, 2.05) is 32.3 Å². The third-order valence-electron chi connectivity index (χ3n) is 7.62. The fraction of sp³-hybridized carbons (Fsp3) is 0.294. The standard InChI is InChI=1S/C34H37FN4O2/c1-23-16-30(10-11-33(23)41-31-7-5-6-29(35)19-31)38-34(40)24(2)32-18-27(9-8-26(32)12-13-36)28-17-25(20-37-21-28)22-39-14-3-4-15-39/h5-11,16-21,24H,3-4,12-15,22,36H2,1-2H3,(H,38,40). The number of nitrogens with one attached hydrogen (secondary N) is 1. The minimum atomic E-state index is -0.402. The van der Waals surface area contributed by atoms with E-state index < -0.39 is 5.92 Å². The molecule has 212 valence electrons. The first-order valence-corrected chi connectivity index (χ1v) is 14.2. The molecule has 41 heavy (non-hydrogen) atoms. The smallest absolute Gasteiger partial charge is 0.231 e. The number of benzene rings is 3. The summed E-state index contributed by atoms with van der Waals surface area (Å²) in [7, 11) is 0. The predicted octanol–water partition coefficient (Wildman–Crippen LogP) is 6.83. The van der Waals surface area contributed by atoms with Gasteiger partial charge in [0.15, 0.2) is 0 Å². The fourth-order valence-electron chi connectivity index (χ4n) is 5.38. The monoisotopic (exact) mass is 552 g/mol. The molecule has 0 aliphatic carbocycles. The van der Waals surface area contributed by atoms with Crippen molar-refractivity contribution in [2.45, 2.75) is 45.6 Å². The van der Waals surface area contributed by atoms with Crippen molar-refractivity contribution in [3.05, 3.63) is 107 Å². The van der Waals surface area contributed by atoms with Gasteiger partial charge in [0.25, 0.3) is 0 Å². The zero-order valence-electron chi connectivity index (χ0n) is 23.7. The van der Waals surface area contributed by atoms with Gasteiger partial charge in [-0.15, -0.1) is 0 Å². The van der Waals surface area contributed by atoms with E-state index in [1.165, 1.54) is 30.5 Å². The first-order valence-electron chi connectivity index (χ1n) is 14.2. The summed E-state index contributed by atoms with van der Waals surface area (Å²) >= 11 is 0. The van der Waals surface area contributed by atoms with Gasteiger partial charge in [0.05, 0.1) is 5.92 Å². The lowest BCUT2D eigenvalue weighted by molar-refractivity contribution is -0.117. The molecule has 0 spiro atoms. The van der Waals surface area contributed by atoms with Crippen LogP contribution in [0.4, 0.5) is 10.1 Å². The number of anilines is 1. The second-order valence-electron chi connectivity index (χ2n) is 10.8. The van der Waals surface area contributed by atoms with Crippen LogP contribution in [0.25, 0.3) is 11.1 Å². The molecule has 1 aliphatic rings. The van der Waals surface area contributed by atoms with Crippen LogP contribution in [0.15, 0.2) is 79.1 Å².